The number of hydrogen-bond acceptors (Lipinski definition) is 4. The van der Waals surface area contributed by atoms with Crippen LogP contribution in [0.2, 0.25) is 0 Å². The first-order valence-corrected chi connectivity index (χ1v) is 8.82. The molecule has 0 bridgehead atoms. The van der Waals surface area contributed by atoms with Crippen LogP contribution in [0.5, 0.6) is 11.5 Å². The lowest BCUT2D eigenvalue weighted by atomic mass is 10.0. The third-order valence-electron chi connectivity index (χ3n) is 4.12. The minimum atomic E-state index is -0.283. The molecular weight excluding hydrogens is 329 g/mol. The van der Waals surface area contributed by atoms with Gasteiger partial charge in [0.2, 0.25) is 0 Å². The molecule has 0 spiro atoms. The number of nitrogens with one attached hydrogen (secondary N) is 1. The van der Waals surface area contributed by atoms with E-state index in [0.29, 0.717) is 30.3 Å². The largest absolute Gasteiger partial charge is 0.486 e. The van der Waals surface area contributed by atoms with Crippen LogP contribution in [0.25, 0.3) is 0 Å². The monoisotopic (exact) mass is 345 g/mol. The van der Waals surface area contributed by atoms with Crippen LogP contribution in [0, 0.1) is 5.82 Å². The fourth-order valence-corrected chi connectivity index (χ4v) is 4.05. The Bertz CT molecular complexity index is 796. The zero-order valence-electron chi connectivity index (χ0n) is 12.9. The second-order valence-electron chi connectivity index (χ2n) is 5.70. The topological polar surface area (TPSA) is 47.6 Å². The molecule has 0 aromatic heterocycles. The Hall–Kier alpha value is -2.21. The summed E-state index contributed by atoms with van der Waals surface area (Å²) in [5.74, 6) is 1.65. The zero-order valence-corrected chi connectivity index (χ0v) is 13.7. The van der Waals surface area contributed by atoms with E-state index in [-0.39, 0.29) is 17.8 Å². The number of hydrogen-bond donors (Lipinski definition) is 1. The van der Waals surface area contributed by atoms with Crippen LogP contribution in [0.3, 0.4) is 0 Å². The van der Waals surface area contributed by atoms with Gasteiger partial charge < -0.3 is 14.8 Å². The second kappa shape index (κ2) is 6.36. The van der Waals surface area contributed by atoms with Gasteiger partial charge in [0.1, 0.15) is 19.0 Å². The van der Waals surface area contributed by atoms with Gasteiger partial charge in [0.25, 0.3) is 5.91 Å². The molecule has 1 amide bonds. The van der Waals surface area contributed by atoms with Crippen LogP contribution in [0.4, 0.5) is 4.39 Å². The fourth-order valence-electron chi connectivity index (χ4n) is 2.94. The van der Waals surface area contributed by atoms with E-state index in [2.05, 4.69) is 5.32 Å². The second-order valence-corrected chi connectivity index (χ2v) is 6.84. The van der Waals surface area contributed by atoms with Gasteiger partial charge in [0.05, 0.1) is 6.04 Å². The van der Waals surface area contributed by atoms with E-state index in [1.807, 2.05) is 0 Å². The number of carbonyl (C=O) groups is 1. The highest BCUT2D eigenvalue weighted by Gasteiger charge is 2.24. The first-order valence-electron chi connectivity index (χ1n) is 7.83. The summed E-state index contributed by atoms with van der Waals surface area (Å²) in [5, 5.41) is 3.01. The average molecular weight is 345 g/mol. The number of carbonyl (C=O) groups excluding carboxylic acids is 1. The van der Waals surface area contributed by atoms with Crippen molar-refractivity contribution < 1.29 is 18.7 Å². The maximum atomic E-state index is 13.6. The van der Waals surface area contributed by atoms with Crippen molar-refractivity contribution >= 4 is 17.7 Å². The van der Waals surface area contributed by atoms with Gasteiger partial charge in [-0.2, -0.15) is 0 Å². The van der Waals surface area contributed by atoms with Crippen molar-refractivity contribution in [2.75, 3.05) is 19.0 Å². The summed E-state index contributed by atoms with van der Waals surface area (Å²) in [6, 6.07) is 9.71. The number of halogens is 1. The van der Waals surface area contributed by atoms with Crippen LogP contribution in [0.1, 0.15) is 28.4 Å². The molecule has 2 heterocycles. The van der Waals surface area contributed by atoms with Crippen molar-refractivity contribution in [1.29, 1.82) is 0 Å². The smallest absolute Gasteiger partial charge is 0.251 e. The maximum Gasteiger partial charge on any atom is 0.251 e. The van der Waals surface area contributed by atoms with Crippen molar-refractivity contribution in [3.05, 3.63) is 53.3 Å². The van der Waals surface area contributed by atoms with Gasteiger partial charge in [-0.25, -0.2) is 4.39 Å². The minimum absolute atomic E-state index is 0.183. The number of benzene rings is 2. The van der Waals surface area contributed by atoms with E-state index in [1.54, 1.807) is 36.0 Å². The Morgan fingerprint density at radius 1 is 1.12 bits per heavy atom. The molecule has 1 N–H and O–H groups in total. The molecule has 0 saturated carbocycles. The standard InChI is InChI=1S/C18H16FNO3S/c19-12-2-4-17-13(10-12)14(5-8-24-17)20-18(21)11-1-3-15-16(9-11)23-7-6-22-15/h1-4,9-10,14H,5-8H2,(H,20,21). The molecule has 4 rings (SSSR count). The Kier molecular flexibility index (Phi) is 4.06. The first-order chi connectivity index (χ1) is 11.7. The molecule has 4 nitrogen and oxygen atoms in total. The van der Waals surface area contributed by atoms with Gasteiger partial charge in [0.15, 0.2) is 11.5 Å². The Labute approximate surface area is 143 Å². The van der Waals surface area contributed by atoms with E-state index in [9.17, 15) is 9.18 Å². The highest BCUT2D eigenvalue weighted by Crippen LogP contribution is 2.37. The van der Waals surface area contributed by atoms with Gasteiger partial charge in [-0.05, 0) is 48.4 Å². The quantitative estimate of drug-likeness (QED) is 0.904. The van der Waals surface area contributed by atoms with Gasteiger partial charge in [-0.15, -0.1) is 11.8 Å². The zero-order chi connectivity index (χ0) is 16.5. The molecule has 6 heteroatoms. The summed E-state index contributed by atoms with van der Waals surface area (Å²) in [4.78, 5) is 13.6. The molecule has 2 aliphatic heterocycles. The highest BCUT2D eigenvalue weighted by atomic mass is 32.2. The normalized spacial score (nSPS) is 18.6. The van der Waals surface area contributed by atoms with E-state index in [4.69, 9.17) is 9.47 Å². The van der Waals surface area contributed by atoms with E-state index < -0.39 is 0 Å². The summed E-state index contributed by atoms with van der Waals surface area (Å²) in [6.45, 7) is 0.991. The number of amides is 1. The molecule has 24 heavy (non-hydrogen) atoms. The third-order valence-corrected chi connectivity index (χ3v) is 5.24. The molecule has 0 saturated heterocycles. The summed E-state index contributed by atoms with van der Waals surface area (Å²) in [7, 11) is 0. The lowest BCUT2D eigenvalue weighted by Crippen LogP contribution is -2.30. The van der Waals surface area contributed by atoms with Crippen LogP contribution in [-0.4, -0.2) is 24.9 Å². The number of ether oxygens (including phenoxy) is 2. The Morgan fingerprint density at radius 2 is 1.96 bits per heavy atom. The third kappa shape index (κ3) is 2.94. The SMILES string of the molecule is O=C(NC1CCSc2ccc(F)cc21)c1ccc2c(c1)OCCO2. The van der Waals surface area contributed by atoms with Gasteiger partial charge in [-0.3, -0.25) is 4.79 Å². The molecule has 2 aromatic carbocycles. The van der Waals surface area contributed by atoms with Gasteiger partial charge >= 0.3 is 0 Å². The first kappa shape index (κ1) is 15.3. The lowest BCUT2D eigenvalue weighted by molar-refractivity contribution is 0.0933. The predicted molar refractivity (Wildman–Crippen MR) is 89.4 cm³/mol. The number of thioether (sulfide) groups is 1. The fraction of sp³-hybridized carbons (Fsp3) is 0.278. The molecule has 1 unspecified atom stereocenters. The highest BCUT2D eigenvalue weighted by molar-refractivity contribution is 7.99. The van der Waals surface area contributed by atoms with Crippen molar-refractivity contribution in [3.8, 4) is 11.5 Å². The van der Waals surface area contributed by atoms with Crippen LogP contribution in [0.15, 0.2) is 41.3 Å². The van der Waals surface area contributed by atoms with E-state index >= 15 is 0 Å². The Balaban J connectivity index is 1.56. The van der Waals surface area contributed by atoms with Crippen LogP contribution >= 0.6 is 11.8 Å². The summed E-state index contributed by atoms with van der Waals surface area (Å²) in [6.07, 6.45) is 0.775. The molecular formula is C18H16FNO3S. The molecule has 1 atom stereocenters. The van der Waals surface area contributed by atoms with Crippen LogP contribution < -0.4 is 14.8 Å². The van der Waals surface area contributed by atoms with Crippen molar-refractivity contribution in [3.63, 3.8) is 0 Å². The van der Waals surface area contributed by atoms with Crippen molar-refractivity contribution in [1.82, 2.24) is 5.32 Å². The van der Waals surface area contributed by atoms with Crippen molar-refractivity contribution in [2.24, 2.45) is 0 Å². The summed E-state index contributed by atoms with van der Waals surface area (Å²) >= 11 is 1.69. The minimum Gasteiger partial charge on any atom is -0.486 e. The maximum absolute atomic E-state index is 13.6. The van der Waals surface area contributed by atoms with Gasteiger partial charge in [0, 0.05) is 16.2 Å². The average Bonchev–Trinajstić information content (AvgIpc) is 2.62. The number of fused-ring (bicyclic) bond motifs is 2. The van der Waals surface area contributed by atoms with E-state index in [1.165, 1.54) is 12.1 Å². The number of rotatable bonds is 2. The molecule has 0 fully saturated rings. The summed E-state index contributed by atoms with van der Waals surface area (Å²) in [5.41, 5.74) is 1.35. The van der Waals surface area contributed by atoms with Crippen molar-refractivity contribution in [2.45, 2.75) is 17.4 Å². The van der Waals surface area contributed by atoms with E-state index in [0.717, 1.165) is 22.6 Å². The van der Waals surface area contributed by atoms with Crippen LogP contribution in [-0.2, 0) is 0 Å². The Morgan fingerprint density at radius 3 is 2.83 bits per heavy atom. The molecule has 2 aliphatic rings. The molecule has 0 radical (unpaired) electrons. The van der Waals surface area contributed by atoms with Gasteiger partial charge in [-0.1, -0.05) is 0 Å². The molecule has 2 aromatic rings. The molecule has 124 valence electrons. The summed E-state index contributed by atoms with van der Waals surface area (Å²) < 4.78 is 24.5. The predicted octanol–water partition coefficient (Wildman–Crippen LogP) is 3.56. The lowest BCUT2D eigenvalue weighted by Gasteiger charge is -2.26. The molecule has 0 aliphatic carbocycles.